The summed E-state index contributed by atoms with van der Waals surface area (Å²) >= 11 is 1.87. The number of amides is 2. The lowest BCUT2D eigenvalue weighted by Gasteiger charge is -2.31. The van der Waals surface area contributed by atoms with E-state index >= 15 is 0 Å². The number of benzene rings is 1. The Kier molecular flexibility index (Phi) is 5.20. The van der Waals surface area contributed by atoms with Gasteiger partial charge in [-0.05, 0) is 30.5 Å². The molecule has 6 heteroatoms. The van der Waals surface area contributed by atoms with Crippen LogP contribution < -0.4 is 5.32 Å². The van der Waals surface area contributed by atoms with Crippen molar-refractivity contribution in [3.8, 4) is 0 Å². The Bertz CT molecular complexity index is 499. The summed E-state index contributed by atoms with van der Waals surface area (Å²) in [5.41, 5.74) is 0.896. The topological polar surface area (TPSA) is 41.6 Å². The second-order valence-corrected chi connectivity index (χ2v) is 6.85. The van der Waals surface area contributed by atoms with Gasteiger partial charge >= 0.3 is 6.03 Å². The van der Waals surface area contributed by atoms with Crippen LogP contribution in [0, 0.1) is 5.82 Å². The Hall–Kier alpha value is -1.27. The van der Waals surface area contributed by atoms with Gasteiger partial charge in [-0.25, -0.2) is 9.18 Å². The molecule has 2 saturated heterocycles. The molecule has 120 valence electrons. The van der Waals surface area contributed by atoms with E-state index in [-0.39, 0.29) is 24.0 Å². The van der Waals surface area contributed by atoms with Crippen molar-refractivity contribution in [2.75, 3.05) is 31.2 Å². The minimum Gasteiger partial charge on any atom is -0.376 e. The highest BCUT2D eigenvalue weighted by molar-refractivity contribution is 7.99. The summed E-state index contributed by atoms with van der Waals surface area (Å²) in [6.45, 7) is 2.27. The number of hydrogen-bond acceptors (Lipinski definition) is 3. The van der Waals surface area contributed by atoms with Gasteiger partial charge in [-0.15, -0.1) is 0 Å². The molecule has 1 aromatic carbocycles. The average Bonchev–Trinajstić information content (AvgIpc) is 3.08. The van der Waals surface area contributed by atoms with Crippen LogP contribution in [-0.4, -0.2) is 48.2 Å². The quantitative estimate of drug-likeness (QED) is 0.929. The SMILES string of the molecule is O=C(NC(c1ccc(F)cc1)C1CCCO1)N1CCSCC1. The summed E-state index contributed by atoms with van der Waals surface area (Å²) < 4.78 is 18.9. The predicted molar refractivity (Wildman–Crippen MR) is 85.5 cm³/mol. The molecule has 1 aromatic rings. The fourth-order valence-corrected chi connectivity index (χ4v) is 3.82. The summed E-state index contributed by atoms with van der Waals surface area (Å²) in [4.78, 5) is 14.3. The number of thioether (sulfide) groups is 1. The van der Waals surface area contributed by atoms with Crippen LogP contribution >= 0.6 is 11.8 Å². The van der Waals surface area contributed by atoms with Gasteiger partial charge in [0.1, 0.15) is 5.82 Å². The first-order valence-electron chi connectivity index (χ1n) is 7.74. The first-order valence-corrected chi connectivity index (χ1v) is 8.90. The van der Waals surface area contributed by atoms with Crippen molar-refractivity contribution in [3.63, 3.8) is 0 Å². The van der Waals surface area contributed by atoms with E-state index < -0.39 is 0 Å². The van der Waals surface area contributed by atoms with Gasteiger partial charge in [0.25, 0.3) is 0 Å². The molecule has 2 atom stereocenters. The van der Waals surface area contributed by atoms with Gasteiger partial charge in [0.15, 0.2) is 0 Å². The standard InChI is InChI=1S/C16H21FN2O2S/c17-13-5-3-12(4-6-13)15(14-2-1-9-21-14)18-16(20)19-7-10-22-11-8-19/h3-6,14-15H,1-2,7-11H2,(H,18,20). The summed E-state index contributed by atoms with van der Waals surface area (Å²) in [6, 6.07) is 6.06. The molecule has 0 aromatic heterocycles. The molecular weight excluding hydrogens is 303 g/mol. The molecule has 3 rings (SSSR count). The van der Waals surface area contributed by atoms with Gasteiger partial charge in [-0.3, -0.25) is 0 Å². The number of urea groups is 1. The second kappa shape index (κ2) is 7.33. The molecule has 2 unspecified atom stereocenters. The highest BCUT2D eigenvalue weighted by Crippen LogP contribution is 2.27. The van der Waals surface area contributed by atoms with E-state index in [0.717, 1.165) is 49.6 Å². The van der Waals surface area contributed by atoms with Crippen LogP contribution in [-0.2, 0) is 4.74 Å². The lowest BCUT2D eigenvalue weighted by Crippen LogP contribution is -2.47. The number of nitrogens with zero attached hydrogens (tertiary/aromatic N) is 1. The number of carbonyl (C=O) groups is 1. The molecule has 0 spiro atoms. The zero-order chi connectivity index (χ0) is 15.4. The average molecular weight is 324 g/mol. The van der Waals surface area contributed by atoms with Crippen molar-refractivity contribution in [2.24, 2.45) is 0 Å². The van der Waals surface area contributed by atoms with Crippen LogP contribution in [0.4, 0.5) is 9.18 Å². The van der Waals surface area contributed by atoms with Crippen LogP contribution in [0.5, 0.6) is 0 Å². The molecule has 0 bridgehead atoms. The summed E-state index contributed by atoms with van der Waals surface area (Å²) in [5.74, 6) is 1.69. The van der Waals surface area contributed by atoms with Gasteiger partial charge in [-0.1, -0.05) is 12.1 Å². The van der Waals surface area contributed by atoms with Crippen LogP contribution in [0.1, 0.15) is 24.4 Å². The highest BCUT2D eigenvalue weighted by atomic mass is 32.2. The smallest absolute Gasteiger partial charge is 0.318 e. The molecule has 2 amide bonds. The third-order valence-electron chi connectivity index (χ3n) is 4.14. The van der Waals surface area contributed by atoms with Crippen molar-refractivity contribution in [1.29, 1.82) is 0 Å². The maximum Gasteiger partial charge on any atom is 0.318 e. The van der Waals surface area contributed by atoms with E-state index in [2.05, 4.69) is 5.32 Å². The van der Waals surface area contributed by atoms with E-state index in [1.165, 1.54) is 12.1 Å². The Morgan fingerprint density at radius 2 is 2.05 bits per heavy atom. The normalized spacial score (nSPS) is 23.3. The minimum absolute atomic E-state index is 0.0337. The van der Waals surface area contributed by atoms with E-state index in [4.69, 9.17) is 4.74 Å². The van der Waals surface area contributed by atoms with Crippen LogP contribution in [0.15, 0.2) is 24.3 Å². The molecule has 0 saturated carbocycles. The van der Waals surface area contributed by atoms with E-state index in [1.54, 1.807) is 12.1 Å². The third-order valence-corrected chi connectivity index (χ3v) is 5.09. The minimum atomic E-state index is -0.269. The number of ether oxygens (including phenoxy) is 1. The Morgan fingerprint density at radius 1 is 1.32 bits per heavy atom. The van der Waals surface area contributed by atoms with Gasteiger partial charge in [-0.2, -0.15) is 11.8 Å². The van der Waals surface area contributed by atoms with Crippen molar-refractivity contribution in [2.45, 2.75) is 25.0 Å². The fraction of sp³-hybridized carbons (Fsp3) is 0.562. The molecule has 2 aliphatic heterocycles. The lowest BCUT2D eigenvalue weighted by molar-refractivity contribution is 0.0782. The van der Waals surface area contributed by atoms with E-state index in [0.29, 0.717) is 0 Å². The third kappa shape index (κ3) is 3.73. The predicted octanol–water partition coefficient (Wildman–Crippen LogP) is 2.80. The van der Waals surface area contributed by atoms with Crippen molar-refractivity contribution in [1.82, 2.24) is 10.2 Å². The van der Waals surface area contributed by atoms with Crippen LogP contribution in [0.3, 0.4) is 0 Å². The molecule has 2 aliphatic rings. The lowest BCUT2D eigenvalue weighted by atomic mass is 9.99. The van der Waals surface area contributed by atoms with E-state index in [1.807, 2.05) is 16.7 Å². The molecule has 1 N–H and O–H groups in total. The molecule has 22 heavy (non-hydrogen) atoms. The molecule has 0 aliphatic carbocycles. The number of nitrogens with one attached hydrogen (secondary N) is 1. The Morgan fingerprint density at radius 3 is 2.68 bits per heavy atom. The van der Waals surface area contributed by atoms with Gasteiger partial charge in [0.05, 0.1) is 12.1 Å². The summed E-state index contributed by atoms with van der Waals surface area (Å²) in [6.07, 6.45) is 1.88. The van der Waals surface area contributed by atoms with Crippen molar-refractivity contribution in [3.05, 3.63) is 35.6 Å². The first-order chi connectivity index (χ1) is 10.7. The number of rotatable bonds is 3. The first kappa shape index (κ1) is 15.6. The maximum absolute atomic E-state index is 13.2. The number of carbonyl (C=O) groups excluding carboxylic acids is 1. The van der Waals surface area contributed by atoms with Gasteiger partial charge < -0.3 is 15.0 Å². The van der Waals surface area contributed by atoms with Crippen molar-refractivity contribution < 1.29 is 13.9 Å². The second-order valence-electron chi connectivity index (χ2n) is 5.63. The monoisotopic (exact) mass is 324 g/mol. The Balaban J connectivity index is 1.73. The number of hydrogen-bond donors (Lipinski definition) is 1. The number of halogens is 1. The zero-order valence-corrected chi connectivity index (χ0v) is 13.3. The summed E-state index contributed by atoms with van der Waals surface area (Å²) in [7, 11) is 0. The summed E-state index contributed by atoms with van der Waals surface area (Å²) in [5, 5.41) is 3.09. The highest BCUT2D eigenvalue weighted by Gasteiger charge is 2.30. The van der Waals surface area contributed by atoms with Crippen molar-refractivity contribution >= 4 is 17.8 Å². The molecule has 2 heterocycles. The van der Waals surface area contributed by atoms with Gasteiger partial charge in [0, 0.05) is 31.2 Å². The van der Waals surface area contributed by atoms with Crippen LogP contribution in [0.25, 0.3) is 0 Å². The van der Waals surface area contributed by atoms with E-state index in [9.17, 15) is 9.18 Å². The van der Waals surface area contributed by atoms with Gasteiger partial charge in [0.2, 0.25) is 0 Å². The molecule has 0 radical (unpaired) electrons. The maximum atomic E-state index is 13.2. The molecular formula is C16H21FN2O2S. The molecule has 4 nitrogen and oxygen atoms in total. The zero-order valence-electron chi connectivity index (χ0n) is 12.5. The molecule has 2 fully saturated rings. The Labute approximate surface area is 134 Å². The largest absolute Gasteiger partial charge is 0.376 e. The van der Waals surface area contributed by atoms with Crippen LogP contribution in [0.2, 0.25) is 0 Å². The fourth-order valence-electron chi connectivity index (χ4n) is 2.92.